The van der Waals surface area contributed by atoms with Gasteiger partial charge in [0.25, 0.3) is 5.92 Å². The minimum atomic E-state index is -3.18. The van der Waals surface area contributed by atoms with E-state index in [-0.39, 0.29) is 0 Å². The van der Waals surface area contributed by atoms with Gasteiger partial charge in [0.1, 0.15) is 5.82 Å². The Morgan fingerprint density at radius 2 is 2.00 bits per heavy atom. The predicted molar refractivity (Wildman–Crippen MR) is 50.8 cm³/mol. The Morgan fingerprint density at radius 1 is 1.29 bits per heavy atom. The number of hydrogen-bond donors (Lipinski definition) is 0. The van der Waals surface area contributed by atoms with Crippen LogP contribution in [0.15, 0.2) is 28.8 Å². The normalized spacial score (nSPS) is 18.0. The molecule has 1 aliphatic rings. The van der Waals surface area contributed by atoms with Crippen LogP contribution in [0.25, 0.3) is 0 Å². The van der Waals surface area contributed by atoms with Crippen LogP contribution in [0.5, 0.6) is 0 Å². The van der Waals surface area contributed by atoms with E-state index in [2.05, 4.69) is 15.9 Å². The second-order valence-corrected chi connectivity index (χ2v) is 4.07. The molecule has 1 aliphatic carbocycles. The molecule has 0 bridgehead atoms. The molecule has 2 rings (SSSR count). The summed E-state index contributed by atoms with van der Waals surface area (Å²) >= 11 is 3.07. The Labute approximate surface area is 87.6 Å². The third kappa shape index (κ3) is 1.47. The highest BCUT2D eigenvalue weighted by Gasteiger charge is 2.36. The maximum absolute atomic E-state index is 13.3. The van der Waals surface area contributed by atoms with Crippen LogP contribution in [0, 0.1) is 5.82 Å². The summed E-state index contributed by atoms with van der Waals surface area (Å²) in [5.74, 6) is -4.04. The fraction of sp³-hybridized carbons (Fsp3) is 0.200. The van der Waals surface area contributed by atoms with Crippen LogP contribution in [-0.4, -0.2) is 0 Å². The van der Waals surface area contributed by atoms with Crippen LogP contribution in [0.4, 0.5) is 13.2 Å². The van der Waals surface area contributed by atoms with Gasteiger partial charge in [-0.3, -0.25) is 0 Å². The minimum Gasteiger partial charge on any atom is -0.206 e. The molecule has 0 aliphatic heterocycles. The Kier molecular flexibility index (Phi) is 2.18. The number of fused-ring (bicyclic) bond motifs is 1. The second kappa shape index (κ2) is 3.12. The first-order chi connectivity index (χ1) is 6.50. The highest BCUT2D eigenvalue weighted by atomic mass is 79.9. The van der Waals surface area contributed by atoms with Gasteiger partial charge in [0.2, 0.25) is 0 Å². The Morgan fingerprint density at radius 3 is 2.71 bits per heavy atom. The summed E-state index contributed by atoms with van der Waals surface area (Å²) in [5, 5.41) is 0. The van der Waals surface area contributed by atoms with E-state index in [1.807, 2.05) is 0 Å². The summed E-state index contributed by atoms with van der Waals surface area (Å²) in [7, 11) is 0. The summed E-state index contributed by atoms with van der Waals surface area (Å²) in [4.78, 5) is 0. The molecule has 1 aromatic carbocycles. The van der Waals surface area contributed by atoms with E-state index in [0.717, 1.165) is 12.1 Å². The molecule has 0 fully saturated rings. The third-order valence-electron chi connectivity index (χ3n) is 2.13. The van der Waals surface area contributed by atoms with Crippen molar-refractivity contribution in [2.75, 3.05) is 0 Å². The van der Waals surface area contributed by atoms with Gasteiger partial charge in [0.15, 0.2) is 0 Å². The van der Waals surface area contributed by atoms with Gasteiger partial charge < -0.3 is 0 Å². The smallest absolute Gasteiger partial charge is 0.206 e. The standard InChI is InChI=1S/C10H6BrF3/c11-7-4-6-2-1-3-10(13,14)9(6)8(12)5-7/h1,3-5H,2H2. The lowest BCUT2D eigenvalue weighted by Gasteiger charge is -2.21. The number of halogens is 4. The van der Waals surface area contributed by atoms with Crippen molar-refractivity contribution in [1.29, 1.82) is 0 Å². The van der Waals surface area contributed by atoms with Gasteiger partial charge in [-0.25, -0.2) is 4.39 Å². The van der Waals surface area contributed by atoms with Crippen molar-refractivity contribution in [2.45, 2.75) is 12.3 Å². The number of hydrogen-bond acceptors (Lipinski definition) is 0. The first-order valence-corrected chi connectivity index (χ1v) is 4.84. The fourth-order valence-electron chi connectivity index (χ4n) is 1.58. The molecule has 0 spiro atoms. The lowest BCUT2D eigenvalue weighted by atomic mass is 9.93. The molecule has 0 aromatic heterocycles. The van der Waals surface area contributed by atoms with E-state index in [1.54, 1.807) is 0 Å². The first kappa shape index (κ1) is 9.77. The predicted octanol–water partition coefficient (Wildman–Crippen LogP) is 3.79. The van der Waals surface area contributed by atoms with Crippen LogP contribution >= 0.6 is 15.9 Å². The number of allylic oxidation sites excluding steroid dienone is 2. The molecule has 0 unspecified atom stereocenters. The molecule has 0 N–H and O–H groups in total. The van der Waals surface area contributed by atoms with E-state index in [9.17, 15) is 13.2 Å². The van der Waals surface area contributed by atoms with Crippen molar-refractivity contribution in [3.8, 4) is 0 Å². The Bertz CT molecular complexity index is 410. The van der Waals surface area contributed by atoms with Crippen LogP contribution in [0.3, 0.4) is 0 Å². The van der Waals surface area contributed by atoms with Crippen LogP contribution in [0.2, 0.25) is 0 Å². The van der Waals surface area contributed by atoms with Crippen molar-refractivity contribution in [3.05, 3.63) is 45.7 Å². The van der Waals surface area contributed by atoms with E-state index >= 15 is 0 Å². The van der Waals surface area contributed by atoms with Gasteiger partial charge in [-0.1, -0.05) is 22.0 Å². The van der Waals surface area contributed by atoms with Gasteiger partial charge in [-0.15, -0.1) is 0 Å². The third-order valence-corrected chi connectivity index (χ3v) is 2.59. The highest BCUT2D eigenvalue weighted by Crippen LogP contribution is 2.38. The Balaban J connectivity index is 2.68. The molecule has 0 radical (unpaired) electrons. The van der Waals surface area contributed by atoms with Crippen molar-refractivity contribution < 1.29 is 13.2 Å². The molecule has 0 nitrogen and oxygen atoms in total. The molecule has 0 amide bonds. The molecule has 0 atom stereocenters. The molecule has 4 heteroatoms. The van der Waals surface area contributed by atoms with Crippen molar-refractivity contribution in [2.24, 2.45) is 0 Å². The second-order valence-electron chi connectivity index (χ2n) is 3.15. The quantitative estimate of drug-likeness (QED) is 0.624. The fourth-order valence-corrected chi connectivity index (χ4v) is 2.06. The average molecular weight is 263 g/mol. The molecule has 14 heavy (non-hydrogen) atoms. The molecule has 0 heterocycles. The number of rotatable bonds is 0. The lowest BCUT2D eigenvalue weighted by Crippen LogP contribution is -2.18. The number of alkyl halides is 2. The zero-order valence-corrected chi connectivity index (χ0v) is 8.61. The molecule has 1 aromatic rings. The first-order valence-electron chi connectivity index (χ1n) is 4.04. The molecule has 0 saturated carbocycles. The number of benzene rings is 1. The summed E-state index contributed by atoms with van der Waals surface area (Å²) < 4.78 is 40.3. The van der Waals surface area contributed by atoms with Crippen molar-refractivity contribution in [1.82, 2.24) is 0 Å². The zero-order chi connectivity index (χ0) is 10.3. The van der Waals surface area contributed by atoms with Crippen molar-refractivity contribution >= 4 is 15.9 Å². The van der Waals surface area contributed by atoms with Gasteiger partial charge in [-0.2, -0.15) is 8.78 Å². The van der Waals surface area contributed by atoms with Gasteiger partial charge in [-0.05, 0) is 30.2 Å². The van der Waals surface area contributed by atoms with Gasteiger partial charge >= 0.3 is 0 Å². The van der Waals surface area contributed by atoms with Crippen LogP contribution < -0.4 is 0 Å². The van der Waals surface area contributed by atoms with Gasteiger partial charge in [0.05, 0.1) is 5.56 Å². The minimum absolute atomic E-state index is 0.337. The zero-order valence-electron chi connectivity index (χ0n) is 7.03. The summed E-state index contributed by atoms with van der Waals surface area (Å²) in [6.45, 7) is 0. The molecular formula is C10H6BrF3. The average Bonchev–Trinajstić information content (AvgIpc) is 2.00. The SMILES string of the molecule is Fc1cc(Br)cc2c1C(F)(F)C=CC2. The summed E-state index contributed by atoms with van der Waals surface area (Å²) in [5.41, 5.74) is -0.160. The molecule has 0 saturated heterocycles. The lowest BCUT2D eigenvalue weighted by molar-refractivity contribution is 0.0450. The van der Waals surface area contributed by atoms with E-state index in [1.165, 1.54) is 12.1 Å². The van der Waals surface area contributed by atoms with E-state index in [0.29, 0.717) is 16.5 Å². The van der Waals surface area contributed by atoms with Crippen molar-refractivity contribution in [3.63, 3.8) is 0 Å². The van der Waals surface area contributed by atoms with E-state index in [4.69, 9.17) is 0 Å². The largest absolute Gasteiger partial charge is 0.294 e. The maximum atomic E-state index is 13.3. The molecular weight excluding hydrogens is 257 g/mol. The van der Waals surface area contributed by atoms with Gasteiger partial charge in [0, 0.05) is 4.47 Å². The van der Waals surface area contributed by atoms with Crippen LogP contribution in [0.1, 0.15) is 11.1 Å². The van der Waals surface area contributed by atoms with E-state index < -0.39 is 17.3 Å². The monoisotopic (exact) mass is 262 g/mol. The summed E-state index contributed by atoms with van der Waals surface area (Å²) in [6, 6.07) is 2.59. The summed E-state index contributed by atoms with van der Waals surface area (Å²) in [6.07, 6.45) is 2.45. The topological polar surface area (TPSA) is 0 Å². The highest BCUT2D eigenvalue weighted by molar-refractivity contribution is 9.10. The maximum Gasteiger partial charge on any atom is 0.294 e. The molecule has 74 valence electrons. The Hall–Kier alpha value is -0.770. The van der Waals surface area contributed by atoms with Crippen LogP contribution in [-0.2, 0) is 12.3 Å².